The summed E-state index contributed by atoms with van der Waals surface area (Å²) < 4.78 is 5.91. The molecule has 0 bridgehead atoms. The first-order valence-corrected chi connectivity index (χ1v) is 8.02. The van der Waals surface area contributed by atoms with Crippen LogP contribution in [-0.2, 0) is 6.54 Å². The van der Waals surface area contributed by atoms with Crippen LogP contribution in [-0.4, -0.2) is 62.7 Å². The molecule has 1 atom stereocenters. The highest BCUT2D eigenvalue weighted by Crippen LogP contribution is 2.14. The first kappa shape index (κ1) is 16.3. The lowest BCUT2D eigenvalue weighted by Gasteiger charge is -2.39. The zero-order valence-electron chi connectivity index (χ0n) is 13.6. The molecule has 1 aromatic carbocycles. The average molecular weight is 291 g/mol. The Morgan fingerprint density at radius 2 is 2.19 bits per heavy atom. The Kier molecular flexibility index (Phi) is 6.49. The first-order chi connectivity index (χ1) is 10.2. The minimum absolute atomic E-state index is 0.692. The zero-order chi connectivity index (χ0) is 15.1. The fourth-order valence-electron chi connectivity index (χ4n) is 2.90. The van der Waals surface area contributed by atoms with Gasteiger partial charge in [0, 0.05) is 38.8 Å². The van der Waals surface area contributed by atoms with Crippen LogP contribution in [0.25, 0.3) is 0 Å². The normalized spacial score (nSPS) is 20.6. The van der Waals surface area contributed by atoms with Crippen molar-refractivity contribution in [2.24, 2.45) is 0 Å². The lowest BCUT2D eigenvalue weighted by Crippen LogP contribution is -2.51. The van der Waals surface area contributed by atoms with E-state index >= 15 is 0 Å². The van der Waals surface area contributed by atoms with Crippen molar-refractivity contribution in [1.29, 1.82) is 0 Å². The van der Waals surface area contributed by atoms with Crippen LogP contribution in [0, 0.1) is 0 Å². The van der Waals surface area contributed by atoms with Gasteiger partial charge in [-0.15, -0.1) is 0 Å². The fourth-order valence-corrected chi connectivity index (χ4v) is 2.90. The summed E-state index contributed by atoms with van der Waals surface area (Å²) in [6.45, 7) is 8.41. The SMILES string of the molecule is CCC1CN(CCOc2cccc(CNC)c2)CCN1C. The van der Waals surface area contributed by atoms with Crippen molar-refractivity contribution in [1.82, 2.24) is 15.1 Å². The maximum Gasteiger partial charge on any atom is 0.119 e. The molecule has 4 heteroatoms. The van der Waals surface area contributed by atoms with Crippen molar-refractivity contribution in [3.05, 3.63) is 29.8 Å². The second kappa shape index (κ2) is 8.37. The molecule has 0 aromatic heterocycles. The Labute approximate surface area is 129 Å². The number of rotatable bonds is 7. The van der Waals surface area contributed by atoms with Crippen molar-refractivity contribution in [3.63, 3.8) is 0 Å². The standard InChI is InChI=1S/C17H29N3O/c1-4-16-14-20(9-8-19(16)3)10-11-21-17-7-5-6-15(12-17)13-18-2/h5-7,12,16,18H,4,8-11,13-14H2,1-3H3. The zero-order valence-corrected chi connectivity index (χ0v) is 13.6. The molecule has 0 saturated carbocycles. The summed E-state index contributed by atoms with van der Waals surface area (Å²) in [4.78, 5) is 4.99. The maximum absolute atomic E-state index is 5.91. The smallest absolute Gasteiger partial charge is 0.119 e. The monoisotopic (exact) mass is 291 g/mol. The molecule has 2 rings (SSSR count). The number of hydrogen-bond donors (Lipinski definition) is 1. The molecule has 4 nitrogen and oxygen atoms in total. The minimum atomic E-state index is 0.692. The van der Waals surface area contributed by atoms with E-state index in [1.807, 2.05) is 13.1 Å². The molecule has 1 heterocycles. The van der Waals surface area contributed by atoms with Gasteiger partial charge in [-0.3, -0.25) is 4.90 Å². The van der Waals surface area contributed by atoms with E-state index in [9.17, 15) is 0 Å². The predicted molar refractivity (Wildman–Crippen MR) is 87.8 cm³/mol. The number of nitrogens with one attached hydrogen (secondary N) is 1. The molecule has 0 spiro atoms. The summed E-state index contributed by atoms with van der Waals surface area (Å²) in [5.74, 6) is 0.976. The average Bonchev–Trinajstić information content (AvgIpc) is 2.50. The Morgan fingerprint density at radius 1 is 1.33 bits per heavy atom. The molecule has 0 amide bonds. The van der Waals surface area contributed by atoms with Gasteiger partial charge in [0.2, 0.25) is 0 Å². The van der Waals surface area contributed by atoms with E-state index in [0.717, 1.165) is 45.1 Å². The summed E-state index contributed by atoms with van der Waals surface area (Å²) in [7, 11) is 4.19. The topological polar surface area (TPSA) is 27.7 Å². The van der Waals surface area contributed by atoms with Crippen LogP contribution < -0.4 is 10.1 Å². The molecule has 1 unspecified atom stereocenters. The van der Waals surface area contributed by atoms with Gasteiger partial charge in [0.05, 0.1) is 0 Å². The third-order valence-corrected chi connectivity index (χ3v) is 4.29. The second-order valence-electron chi connectivity index (χ2n) is 5.87. The van der Waals surface area contributed by atoms with Crippen molar-refractivity contribution < 1.29 is 4.74 Å². The Morgan fingerprint density at radius 3 is 2.95 bits per heavy atom. The van der Waals surface area contributed by atoms with E-state index in [1.54, 1.807) is 0 Å². The van der Waals surface area contributed by atoms with E-state index in [-0.39, 0.29) is 0 Å². The summed E-state index contributed by atoms with van der Waals surface area (Å²) in [5.41, 5.74) is 1.26. The number of benzene rings is 1. The number of ether oxygens (including phenoxy) is 1. The van der Waals surface area contributed by atoms with Crippen molar-refractivity contribution in [2.75, 3.05) is 46.9 Å². The molecule has 1 N–H and O–H groups in total. The summed E-state index contributed by atoms with van der Waals surface area (Å²) in [6.07, 6.45) is 1.22. The van der Waals surface area contributed by atoms with Crippen LogP contribution in [0.1, 0.15) is 18.9 Å². The highest BCUT2D eigenvalue weighted by molar-refractivity contribution is 5.28. The van der Waals surface area contributed by atoms with E-state index in [4.69, 9.17) is 4.74 Å². The molecular formula is C17H29N3O. The van der Waals surface area contributed by atoms with Crippen molar-refractivity contribution in [2.45, 2.75) is 25.9 Å². The van der Waals surface area contributed by atoms with E-state index < -0.39 is 0 Å². The lowest BCUT2D eigenvalue weighted by molar-refractivity contribution is 0.0824. The number of piperazine rings is 1. The Bertz CT molecular complexity index is 424. The number of likely N-dealkylation sites (N-methyl/N-ethyl adjacent to an activating group) is 1. The van der Waals surface area contributed by atoms with Crippen LogP contribution in [0.4, 0.5) is 0 Å². The van der Waals surface area contributed by atoms with Gasteiger partial charge in [0.15, 0.2) is 0 Å². The predicted octanol–water partition coefficient (Wildman–Crippen LogP) is 1.81. The van der Waals surface area contributed by atoms with Crippen molar-refractivity contribution >= 4 is 0 Å². The van der Waals surface area contributed by atoms with E-state index in [2.05, 4.69) is 47.3 Å². The molecule has 1 saturated heterocycles. The van der Waals surface area contributed by atoms with Crippen LogP contribution in [0.2, 0.25) is 0 Å². The third kappa shape index (κ3) is 4.99. The van der Waals surface area contributed by atoms with E-state index in [1.165, 1.54) is 12.0 Å². The van der Waals surface area contributed by atoms with Gasteiger partial charge in [-0.05, 0) is 38.2 Å². The Balaban J connectivity index is 1.75. The first-order valence-electron chi connectivity index (χ1n) is 8.02. The highest BCUT2D eigenvalue weighted by Gasteiger charge is 2.22. The fraction of sp³-hybridized carbons (Fsp3) is 0.647. The minimum Gasteiger partial charge on any atom is -0.492 e. The summed E-state index contributed by atoms with van der Waals surface area (Å²) in [5, 5.41) is 3.17. The third-order valence-electron chi connectivity index (χ3n) is 4.29. The van der Waals surface area contributed by atoms with Crippen molar-refractivity contribution in [3.8, 4) is 5.75 Å². The van der Waals surface area contributed by atoms with Gasteiger partial charge >= 0.3 is 0 Å². The van der Waals surface area contributed by atoms with Crippen LogP contribution in [0.3, 0.4) is 0 Å². The molecule has 1 aliphatic heterocycles. The second-order valence-corrected chi connectivity index (χ2v) is 5.87. The molecule has 21 heavy (non-hydrogen) atoms. The summed E-state index contributed by atoms with van der Waals surface area (Å²) in [6, 6.07) is 9.03. The van der Waals surface area contributed by atoms with Crippen LogP contribution in [0.15, 0.2) is 24.3 Å². The molecule has 1 aliphatic rings. The molecular weight excluding hydrogens is 262 g/mol. The number of nitrogens with zero attached hydrogens (tertiary/aromatic N) is 2. The van der Waals surface area contributed by atoms with Crippen LogP contribution in [0.5, 0.6) is 5.75 Å². The lowest BCUT2D eigenvalue weighted by atomic mass is 10.1. The largest absolute Gasteiger partial charge is 0.492 e. The van der Waals surface area contributed by atoms with Gasteiger partial charge in [0.1, 0.15) is 12.4 Å². The quantitative estimate of drug-likeness (QED) is 0.829. The molecule has 0 radical (unpaired) electrons. The van der Waals surface area contributed by atoms with Crippen LogP contribution >= 0.6 is 0 Å². The molecule has 1 aromatic rings. The molecule has 118 valence electrons. The highest BCUT2D eigenvalue weighted by atomic mass is 16.5. The van der Waals surface area contributed by atoms with Gasteiger partial charge in [-0.1, -0.05) is 19.1 Å². The number of hydrogen-bond acceptors (Lipinski definition) is 4. The Hall–Kier alpha value is -1.10. The van der Waals surface area contributed by atoms with Gasteiger partial charge in [-0.25, -0.2) is 0 Å². The maximum atomic E-state index is 5.91. The molecule has 1 fully saturated rings. The van der Waals surface area contributed by atoms with Gasteiger partial charge in [0.25, 0.3) is 0 Å². The van der Waals surface area contributed by atoms with E-state index in [0.29, 0.717) is 6.04 Å². The molecule has 0 aliphatic carbocycles. The van der Waals surface area contributed by atoms with Gasteiger partial charge < -0.3 is 15.0 Å². The summed E-state index contributed by atoms with van der Waals surface area (Å²) >= 11 is 0. The van der Waals surface area contributed by atoms with Gasteiger partial charge in [-0.2, -0.15) is 0 Å².